The van der Waals surface area contributed by atoms with E-state index in [0.29, 0.717) is 6.42 Å². The summed E-state index contributed by atoms with van der Waals surface area (Å²) in [6.07, 6.45) is 1.81. The predicted octanol–water partition coefficient (Wildman–Crippen LogP) is 3.49. The topological polar surface area (TPSA) is 33.1 Å². The molecular formula is C12H12BrNOS. The van der Waals surface area contributed by atoms with E-state index in [-0.39, 0.29) is 0 Å². The molecule has 2 aromatic heterocycles. The third-order valence-corrected chi connectivity index (χ3v) is 4.30. The van der Waals surface area contributed by atoms with Crippen LogP contribution in [0, 0.1) is 6.92 Å². The van der Waals surface area contributed by atoms with E-state index in [1.54, 1.807) is 17.5 Å². The quantitative estimate of drug-likeness (QED) is 0.941. The van der Waals surface area contributed by atoms with Crippen LogP contribution in [0.1, 0.15) is 22.2 Å². The van der Waals surface area contributed by atoms with Gasteiger partial charge in [-0.25, -0.2) is 0 Å². The summed E-state index contributed by atoms with van der Waals surface area (Å²) in [4.78, 5) is 5.34. The lowest BCUT2D eigenvalue weighted by atomic mass is 10.1. The molecule has 2 heterocycles. The van der Waals surface area contributed by atoms with E-state index in [0.717, 1.165) is 20.6 Å². The van der Waals surface area contributed by atoms with Crippen LogP contribution in [0.25, 0.3) is 0 Å². The molecule has 1 atom stereocenters. The second-order valence-corrected chi connectivity index (χ2v) is 5.52. The number of pyridine rings is 1. The van der Waals surface area contributed by atoms with Crippen molar-refractivity contribution in [2.24, 2.45) is 0 Å². The minimum absolute atomic E-state index is 0.533. The van der Waals surface area contributed by atoms with Gasteiger partial charge in [0.05, 0.1) is 5.69 Å². The van der Waals surface area contributed by atoms with Crippen LogP contribution in [0.5, 0.6) is 0 Å². The largest absolute Gasteiger partial charge is 0.386 e. The van der Waals surface area contributed by atoms with Crippen molar-refractivity contribution in [1.82, 2.24) is 4.98 Å². The van der Waals surface area contributed by atoms with Gasteiger partial charge < -0.3 is 5.11 Å². The molecule has 0 fully saturated rings. The van der Waals surface area contributed by atoms with E-state index >= 15 is 0 Å². The second-order valence-electron chi connectivity index (χ2n) is 3.67. The molecule has 0 spiro atoms. The summed E-state index contributed by atoms with van der Waals surface area (Å²) in [5.74, 6) is 0. The highest BCUT2D eigenvalue weighted by Crippen LogP contribution is 2.27. The zero-order chi connectivity index (χ0) is 11.5. The number of thiophene rings is 1. The lowest BCUT2D eigenvalue weighted by Gasteiger charge is -2.09. The number of rotatable bonds is 3. The number of aliphatic hydroxyl groups is 1. The summed E-state index contributed by atoms with van der Waals surface area (Å²) in [6, 6.07) is 5.85. The molecule has 16 heavy (non-hydrogen) atoms. The maximum atomic E-state index is 10.1. The van der Waals surface area contributed by atoms with Gasteiger partial charge in [-0.2, -0.15) is 0 Å². The monoisotopic (exact) mass is 297 g/mol. The fraction of sp³-hybridized carbons (Fsp3) is 0.250. The van der Waals surface area contributed by atoms with Crippen LogP contribution in [0.3, 0.4) is 0 Å². The first kappa shape index (κ1) is 11.8. The average Bonchev–Trinajstić information content (AvgIpc) is 2.64. The Kier molecular flexibility index (Phi) is 3.74. The van der Waals surface area contributed by atoms with Crippen molar-refractivity contribution in [3.8, 4) is 0 Å². The summed E-state index contributed by atoms with van der Waals surface area (Å²) in [6.45, 7) is 2.00. The lowest BCUT2D eigenvalue weighted by Crippen LogP contribution is -2.03. The van der Waals surface area contributed by atoms with Crippen molar-refractivity contribution in [3.63, 3.8) is 0 Å². The molecule has 2 aromatic rings. The Hall–Kier alpha value is -0.710. The summed E-state index contributed by atoms with van der Waals surface area (Å²) >= 11 is 5.10. The zero-order valence-electron chi connectivity index (χ0n) is 8.85. The predicted molar refractivity (Wildman–Crippen MR) is 69.7 cm³/mol. The van der Waals surface area contributed by atoms with Crippen molar-refractivity contribution in [2.75, 3.05) is 0 Å². The standard InChI is InChI=1S/C12H12BrNOS/c1-8-2-4-14-10(6-8)11(15)7-12-9(13)3-5-16-12/h2-6,11,15H,7H2,1H3. The van der Waals surface area contributed by atoms with Crippen molar-refractivity contribution >= 4 is 27.3 Å². The fourth-order valence-corrected chi connectivity index (χ4v) is 3.05. The van der Waals surface area contributed by atoms with Crippen LogP contribution in [0.4, 0.5) is 0 Å². The van der Waals surface area contributed by atoms with Crippen LogP contribution in [-0.2, 0) is 6.42 Å². The van der Waals surface area contributed by atoms with Crippen LogP contribution in [-0.4, -0.2) is 10.1 Å². The van der Waals surface area contributed by atoms with Gasteiger partial charge >= 0.3 is 0 Å². The number of aliphatic hydroxyl groups excluding tert-OH is 1. The van der Waals surface area contributed by atoms with Crippen LogP contribution < -0.4 is 0 Å². The highest BCUT2D eigenvalue weighted by atomic mass is 79.9. The average molecular weight is 298 g/mol. The Morgan fingerprint density at radius 2 is 2.31 bits per heavy atom. The Morgan fingerprint density at radius 1 is 1.50 bits per heavy atom. The number of aromatic nitrogens is 1. The van der Waals surface area contributed by atoms with Crippen molar-refractivity contribution in [1.29, 1.82) is 0 Å². The number of halogens is 1. The van der Waals surface area contributed by atoms with Gasteiger partial charge in [-0.1, -0.05) is 0 Å². The minimum atomic E-state index is -0.533. The molecular weight excluding hydrogens is 286 g/mol. The molecule has 0 saturated carbocycles. The Labute approximate surface area is 107 Å². The van der Waals surface area contributed by atoms with Crippen molar-refractivity contribution in [3.05, 3.63) is 50.4 Å². The fourth-order valence-electron chi connectivity index (χ4n) is 1.49. The molecule has 0 radical (unpaired) electrons. The van der Waals surface area contributed by atoms with Gasteiger partial charge in [0.2, 0.25) is 0 Å². The maximum Gasteiger partial charge on any atom is 0.101 e. The number of hydrogen-bond acceptors (Lipinski definition) is 3. The molecule has 1 unspecified atom stereocenters. The third-order valence-electron chi connectivity index (χ3n) is 2.35. The van der Waals surface area contributed by atoms with E-state index in [9.17, 15) is 5.11 Å². The molecule has 0 aliphatic rings. The normalized spacial score (nSPS) is 12.7. The summed E-state index contributed by atoms with van der Waals surface area (Å²) in [5, 5.41) is 12.1. The highest BCUT2D eigenvalue weighted by Gasteiger charge is 2.12. The summed E-state index contributed by atoms with van der Waals surface area (Å²) in [5.41, 5.74) is 1.86. The molecule has 0 aliphatic carbocycles. The molecule has 0 amide bonds. The van der Waals surface area contributed by atoms with Gasteiger partial charge in [0.1, 0.15) is 6.10 Å². The molecule has 0 aliphatic heterocycles. The van der Waals surface area contributed by atoms with Gasteiger partial charge in [-0.05, 0) is 52.0 Å². The van der Waals surface area contributed by atoms with Crippen molar-refractivity contribution in [2.45, 2.75) is 19.4 Å². The summed E-state index contributed by atoms with van der Waals surface area (Å²) in [7, 11) is 0. The summed E-state index contributed by atoms with van der Waals surface area (Å²) < 4.78 is 1.06. The number of hydrogen-bond donors (Lipinski definition) is 1. The zero-order valence-corrected chi connectivity index (χ0v) is 11.3. The molecule has 0 aromatic carbocycles. The van der Waals surface area contributed by atoms with E-state index in [1.807, 2.05) is 30.5 Å². The molecule has 0 bridgehead atoms. The van der Waals surface area contributed by atoms with Crippen molar-refractivity contribution < 1.29 is 5.11 Å². The second kappa shape index (κ2) is 5.08. The first-order chi connectivity index (χ1) is 7.66. The molecule has 1 N–H and O–H groups in total. The first-order valence-electron chi connectivity index (χ1n) is 4.99. The van der Waals surface area contributed by atoms with Crippen LogP contribution in [0.15, 0.2) is 34.2 Å². The van der Waals surface area contributed by atoms with Gasteiger partial charge in [0.15, 0.2) is 0 Å². The maximum absolute atomic E-state index is 10.1. The number of nitrogens with zero attached hydrogens (tertiary/aromatic N) is 1. The smallest absolute Gasteiger partial charge is 0.101 e. The Balaban J connectivity index is 2.14. The van der Waals surface area contributed by atoms with E-state index in [2.05, 4.69) is 20.9 Å². The highest BCUT2D eigenvalue weighted by molar-refractivity contribution is 9.10. The van der Waals surface area contributed by atoms with Gasteiger partial charge in [0.25, 0.3) is 0 Å². The Bertz CT molecular complexity index is 483. The SMILES string of the molecule is Cc1ccnc(C(O)Cc2sccc2Br)c1. The van der Waals surface area contributed by atoms with E-state index < -0.39 is 6.10 Å². The van der Waals surface area contributed by atoms with Gasteiger partial charge in [-0.3, -0.25) is 4.98 Å². The van der Waals surface area contributed by atoms with Gasteiger partial charge in [0, 0.05) is 22.0 Å². The molecule has 2 nitrogen and oxygen atoms in total. The third kappa shape index (κ3) is 2.70. The van der Waals surface area contributed by atoms with Gasteiger partial charge in [-0.15, -0.1) is 11.3 Å². The number of aryl methyl sites for hydroxylation is 1. The molecule has 84 valence electrons. The lowest BCUT2D eigenvalue weighted by molar-refractivity contribution is 0.174. The van der Waals surface area contributed by atoms with Crippen LogP contribution >= 0.6 is 27.3 Å². The minimum Gasteiger partial charge on any atom is -0.386 e. The Morgan fingerprint density at radius 3 is 2.94 bits per heavy atom. The first-order valence-corrected chi connectivity index (χ1v) is 6.66. The molecule has 4 heteroatoms. The van der Waals surface area contributed by atoms with E-state index in [4.69, 9.17) is 0 Å². The van der Waals surface area contributed by atoms with Crippen LogP contribution in [0.2, 0.25) is 0 Å². The van der Waals surface area contributed by atoms with E-state index in [1.165, 1.54) is 0 Å². The molecule has 0 saturated heterocycles. The molecule has 2 rings (SSSR count).